The van der Waals surface area contributed by atoms with Gasteiger partial charge >= 0.3 is 6.16 Å². The second kappa shape index (κ2) is 3.44. The predicted octanol–water partition coefficient (Wildman–Crippen LogP) is 1.53. The number of hydrogen-bond acceptors (Lipinski definition) is 3. The molecule has 0 amide bonds. The van der Waals surface area contributed by atoms with E-state index >= 15 is 0 Å². The number of carbonyl (C=O) groups excluding carboxylic acids is 1. The van der Waals surface area contributed by atoms with Gasteiger partial charge in [0, 0.05) is 0 Å². The van der Waals surface area contributed by atoms with E-state index in [1.54, 1.807) is 0 Å². The summed E-state index contributed by atoms with van der Waals surface area (Å²) < 4.78 is 9.30. The maximum Gasteiger partial charge on any atom is 0.508 e. The van der Waals surface area contributed by atoms with Gasteiger partial charge < -0.3 is 9.47 Å². The van der Waals surface area contributed by atoms with Crippen LogP contribution in [0.25, 0.3) is 0 Å². The number of carbonyl (C=O) groups is 1. The minimum Gasteiger partial charge on any atom is -0.434 e. The molecule has 57 valence electrons. The summed E-state index contributed by atoms with van der Waals surface area (Å²) >= 11 is 0. The molecular weight excluding hydrogens is 132 g/mol. The van der Waals surface area contributed by atoms with Crippen LogP contribution in [0, 0.1) is 6.92 Å². The topological polar surface area (TPSA) is 35.5 Å². The van der Waals surface area contributed by atoms with Crippen LogP contribution in [0.5, 0.6) is 0 Å². The van der Waals surface area contributed by atoms with E-state index in [1.807, 2.05) is 0 Å². The normalized spacial score (nSPS) is 17.7. The van der Waals surface area contributed by atoms with Crippen molar-refractivity contribution in [1.82, 2.24) is 0 Å². The summed E-state index contributed by atoms with van der Waals surface area (Å²) in [5, 5.41) is 0. The zero-order chi connectivity index (χ0) is 7.40. The first-order valence-corrected chi connectivity index (χ1v) is 3.45. The van der Waals surface area contributed by atoms with Crippen LogP contribution in [0.15, 0.2) is 0 Å². The fourth-order valence-corrected chi connectivity index (χ4v) is 0.742. The minimum absolute atomic E-state index is 0.110. The molecule has 1 radical (unpaired) electrons. The Morgan fingerprint density at radius 1 is 1.60 bits per heavy atom. The van der Waals surface area contributed by atoms with Gasteiger partial charge in [0.2, 0.25) is 0 Å². The smallest absolute Gasteiger partial charge is 0.434 e. The third kappa shape index (κ3) is 1.90. The third-order valence-electron chi connectivity index (χ3n) is 1.54. The van der Waals surface area contributed by atoms with Gasteiger partial charge in [0.05, 0.1) is 6.61 Å². The van der Waals surface area contributed by atoms with Gasteiger partial charge in [0.25, 0.3) is 0 Å². The molecule has 1 rings (SSSR count). The summed E-state index contributed by atoms with van der Waals surface area (Å²) in [5.41, 5.74) is 0. The average Bonchev–Trinajstić information content (AvgIpc) is 1.80. The zero-order valence-electron chi connectivity index (χ0n) is 5.84. The highest BCUT2D eigenvalue weighted by molar-refractivity contribution is 5.60. The number of ether oxygens (including phenoxy) is 2. The van der Waals surface area contributed by atoms with Gasteiger partial charge in [-0.3, -0.25) is 0 Å². The lowest BCUT2D eigenvalue weighted by molar-refractivity contribution is 0.000545. The van der Waals surface area contributed by atoms with E-state index in [2.05, 4.69) is 11.7 Å². The second-order valence-corrected chi connectivity index (χ2v) is 2.27. The molecule has 1 saturated carbocycles. The van der Waals surface area contributed by atoms with E-state index < -0.39 is 6.16 Å². The molecule has 0 unspecified atom stereocenters. The van der Waals surface area contributed by atoms with Gasteiger partial charge in [-0.2, -0.15) is 0 Å². The van der Waals surface area contributed by atoms with Crippen LogP contribution >= 0.6 is 0 Å². The Bertz CT molecular complexity index is 118. The highest BCUT2D eigenvalue weighted by Gasteiger charge is 2.21. The van der Waals surface area contributed by atoms with Crippen molar-refractivity contribution in [2.75, 3.05) is 6.61 Å². The van der Waals surface area contributed by atoms with Crippen molar-refractivity contribution >= 4 is 6.16 Å². The minimum atomic E-state index is -0.584. The fourth-order valence-electron chi connectivity index (χ4n) is 0.742. The SMILES string of the molecule is [CH2]COC(=O)OC1CCC1. The molecule has 1 fully saturated rings. The predicted molar refractivity (Wildman–Crippen MR) is 35.4 cm³/mol. The molecule has 3 heteroatoms. The molecule has 0 aliphatic heterocycles. The molecule has 0 N–H and O–H groups in total. The van der Waals surface area contributed by atoms with Gasteiger partial charge in [0.15, 0.2) is 0 Å². The van der Waals surface area contributed by atoms with E-state index in [1.165, 1.54) is 0 Å². The summed E-state index contributed by atoms with van der Waals surface area (Å²) in [6.07, 6.45) is 2.64. The van der Waals surface area contributed by atoms with E-state index in [0.29, 0.717) is 0 Å². The maximum absolute atomic E-state index is 10.6. The summed E-state index contributed by atoms with van der Waals surface area (Å²) in [6, 6.07) is 0. The molecule has 0 heterocycles. The summed E-state index contributed by atoms with van der Waals surface area (Å²) in [6.45, 7) is 3.50. The van der Waals surface area contributed by atoms with Crippen LogP contribution < -0.4 is 0 Å². The zero-order valence-corrected chi connectivity index (χ0v) is 5.84. The summed E-state index contributed by atoms with van der Waals surface area (Å²) in [7, 11) is 0. The Hall–Kier alpha value is -0.730. The molecule has 0 aromatic heterocycles. The van der Waals surface area contributed by atoms with Crippen LogP contribution in [0.4, 0.5) is 4.79 Å². The molecule has 3 nitrogen and oxygen atoms in total. The maximum atomic E-state index is 10.6. The van der Waals surface area contributed by atoms with Crippen molar-refractivity contribution < 1.29 is 14.3 Å². The fraction of sp³-hybridized carbons (Fsp3) is 0.714. The van der Waals surface area contributed by atoms with Crippen molar-refractivity contribution in [3.63, 3.8) is 0 Å². The van der Waals surface area contributed by atoms with Crippen molar-refractivity contribution in [3.05, 3.63) is 6.92 Å². The van der Waals surface area contributed by atoms with Crippen molar-refractivity contribution in [1.29, 1.82) is 0 Å². The first-order chi connectivity index (χ1) is 4.83. The van der Waals surface area contributed by atoms with Crippen LogP contribution in [0.1, 0.15) is 19.3 Å². The van der Waals surface area contributed by atoms with Crippen molar-refractivity contribution in [2.45, 2.75) is 25.4 Å². The Balaban J connectivity index is 2.05. The van der Waals surface area contributed by atoms with E-state index in [0.717, 1.165) is 19.3 Å². The van der Waals surface area contributed by atoms with Gasteiger partial charge in [0.1, 0.15) is 6.10 Å². The van der Waals surface area contributed by atoms with E-state index in [9.17, 15) is 4.79 Å². The lowest BCUT2D eigenvalue weighted by Gasteiger charge is -2.24. The Morgan fingerprint density at radius 2 is 2.30 bits per heavy atom. The summed E-state index contributed by atoms with van der Waals surface area (Å²) in [4.78, 5) is 10.6. The molecule has 0 aromatic carbocycles. The number of hydrogen-bond donors (Lipinski definition) is 0. The first-order valence-electron chi connectivity index (χ1n) is 3.45. The third-order valence-corrected chi connectivity index (χ3v) is 1.54. The Morgan fingerprint density at radius 3 is 2.70 bits per heavy atom. The van der Waals surface area contributed by atoms with Gasteiger partial charge in [-0.25, -0.2) is 4.79 Å². The van der Waals surface area contributed by atoms with E-state index in [-0.39, 0.29) is 12.7 Å². The van der Waals surface area contributed by atoms with Crippen LogP contribution in [0.3, 0.4) is 0 Å². The molecule has 0 aromatic rings. The Kier molecular flexibility index (Phi) is 2.54. The van der Waals surface area contributed by atoms with E-state index in [4.69, 9.17) is 4.74 Å². The molecular formula is C7H11O3. The Labute approximate surface area is 60.3 Å². The van der Waals surface area contributed by atoms with Crippen LogP contribution in [-0.4, -0.2) is 18.9 Å². The van der Waals surface area contributed by atoms with Crippen LogP contribution in [0.2, 0.25) is 0 Å². The molecule has 0 atom stereocenters. The van der Waals surface area contributed by atoms with Gasteiger partial charge in [-0.15, -0.1) is 0 Å². The van der Waals surface area contributed by atoms with Crippen molar-refractivity contribution in [3.8, 4) is 0 Å². The lowest BCUT2D eigenvalue weighted by Crippen LogP contribution is -2.25. The molecule has 0 spiro atoms. The molecule has 0 saturated heterocycles. The standard InChI is InChI=1S/C7H11O3/c1-2-9-7(8)10-6-4-3-5-6/h6H,1-5H2. The van der Waals surface area contributed by atoms with Gasteiger partial charge in [-0.1, -0.05) is 0 Å². The highest BCUT2D eigenvalue weighted by atomic mass is 16.7. The summed E-state index contributed by atoms with van der Waals surface area (Å²) in [5.74, 6) is 0. The largest absolute Gasteiger partial charge is 0.508 e. The monoisotopic (exact) mass is 143 g/mol. The first kappa shape index (κ1) is 7.38. The number of rotatable bonds is 2. The lowest BCUT2D eigenvalue weighted by atomic mass is 9.96. The average molecular weight is 143 g/mol. The highest BCUT2D eigenvalue weighted by Crippen LogP contribution is 2.22. The molecule has 1 aliphatic rings. The van der Waals surface area contributed by atoms with Gasteiger partial charge in [-0.05, 0) is 26.2 Å². The molecule has 10 heavy (non-hydrogen) atoms. The molecule has 1 aliphatic carbocycles. The van der Waals surface area contributed by atoms with Crippen molar-refractivity contribution in [2.24, 2.45) is 0 Å². The molecule has 0 bridgehead atoms. The second-order valence-electron chi connectivity index (χ2n) is 2.27. The quantitative estimate of drug-likeness (QED) is 0.550. The van der Waals surface area contributed by atoms with Crippen LogP contribution in [-0.2, 0) is 9.47 Å².